The number of aromatic nitrogens is 1. The number of aromatic hydroxyl groups is 2. The predicted octanol–water partition coefficient (Wildman–Crippen LogP) is 4.17. The van der Waals surface area contributed by atoms with Crippen molar-refractivity contribution in [1.29, 1.82) is 0 Å². The number of phenolic OH excluding ortho intramolecular Hbond substituents is 1. The molecule has 0 aliphatic heterocycles. The fourth-order valence-electron chi connectivity index (χ4n) is 2.78. The Morgan fingerprint density at radius 3 is 2.50 bits per heavy atom. The van der Waals surface area contributed by atoms with Gasteiger partial charge in [-0.1, -0.05) is 39.5 Å². The fraction of sp³-hybridized carbons (Fsp3) is 0.526. The van der Waals surface area contributed by atoms with Crippen molar-refractivity contribution in [2.24, 2.45) is 0 Å². The lowest BCUT2D eigenvalue weighted by Gasteiger charge is -2.16. The lowest BCUT2D eigenvalue weighted by atomic mass is 10.1. The zero-order valence-corrected chi connectivity index (χ0v) is 14.5. The SMILES string of the molecule is CCCCCCOc1c(O)c(=O)n(CCCC)c2cc(O)ccc12. The molecule has 1 aromatic carbocycles. The predicted molar refractivity (Wildman–Crippen MR) is 96.1 cm³/mol. The van der Waals surface area contributed by atoms with Gasteiger partial charge >= 0.3 is 0 Å². The van der Waals surface area contributed by atoms with E-state index in [0.717, 1.165) is 38.5 Å². The number of unbranched alkanes of at least 4 members (excludes halogenated alkanes) is 4. The molecule has 0 amide bonds. The fourth-order valence-corrected chi connectivity index (χ4v) is 2.78. The van der Waals surface area contributed by atoms with Gasteiger partial charge in [-0.3, -0.25) is 4.79 Å². The van der Waals surface area contributed by atoms with Crippen LogP contribution in [0.2, 0.25) is 0 Å². The van der Waals surface area contributed by atoms with Crippen molar-refractivity contribution in [3.63, 3.8) is 0 Å². The van der Waals surface area contributed by atoms with Crippen LogP contribution in [-0.4, -0.2) is 21.4 Å². The van der Waals surface area contributed by atoms with E-state index in [1.807, 2.05) is 6.92 Å². The van der Waals surface area contributed by atoms with Gasteiger partial charge in [-0.2, -0.15) is 0 Å². The highest BCUT2D eigenvalue weighted by Crippen LogP contribution is 2.34. The molecule has 5 heteroatoms. The van der Waals surface area contributed by atoms with Gasteiger partial charge in [0, 0.05) is 18.0 Å². The molecule has 0 saturated heterocycles. The largest absolute Gasteiger partial charge is 0.508 e. The van der Waals surface area contributed by atoms with Crippen LogP contribution in [0, 0.1) is 0 Å². The van der Waals surface area contributed by atoms with Crippen LogP contribution >= 0.6 is 0 Å². The van der Waals surface area contributed by atoms with Crippen LogP contribution in [0.5, 0.6) is 17.2 Å². The molecular weight excluding hydrogens is 306 g/mol. The van der Waals surface area contributed by atoms with Gasteiger partial charge in [0.15, 0.2) is 5.75 Å². The third-order valence-corrected chi connectivity index (χ3v) is 4.16. The van der Waals surface area contributed by atoms with Crippen LogP contribution in [0.3, 0.4) is 0 Å². The van der Waals surface area contributed by atoms with E-state index in [0.29, 0.717) is 24.1 Å². The van der Waals surface area contributed by atoms with E-state index in [1.165, 1.54) is 4.57 Å². The Bertz CT molecular complexity index is 736. The molecule has 0 saturated carbocycles. The lowest BCUT2D eigenvalue weighted by molar-refractivity contribution is 0.290. The normalized spacial score (nSPS) is 11.1. The maximum absolute atomic E-state index is 12.5. The first-order chi connectivity index (χ1) is 11.6. The van der Waals surface area contributed by atoms with E-state index in [4.69, 9.17) is 4.74 Å². The standard InChI is InChI=1S/C19H27NO4/c1-3-5-7-8-12-24-18-15-10-9-14(21)13-16(15)20(11-6-4-2)19(23)17(18)22/h9-10,13,21-22H,3-8,11-12H2,1-2H3. The van der Waals surface area contributed by atoms with Crippen LogP contribution in [0.15, 0.2) is 23.0 Å². The van der Waals surface area contributed by atoms with Crippen molar-refractivity contribution in [3.05, 3.63) is 28.6 Å². The van der Waals surface area contributed by atoms with E-state index >= 15 is 0 Å². The molecule has 24 heavy (non-hydrogen) atoms. The van der Waals surface area contributed by atoms with Gasteiger partial charge < -0.3 is 19.5 Å². The molecule has 0 atom stereocenters. The van der Waals surface area contributed by atoms with Crippen LogP contribution in [-0.2, 0) is 6.54 Å². The second-order valence-corrected chi connectivity index (χ2v) is 6.10. The average molecular weight is 333 g/mol. The number of hydrogen-bond donors (Lipinski definition) is 2. The Balaban J connectivity index is 2.40. The van der Waals surface area contributed by atoms with Gasteiger partial charge in [0.1, 0.15) is 5.75 Å². The molecule has 0 unspecified atom stereocenters. The van der Waals surface area contributed by atoms with Crippen LogP contribution < -0.4 is 10.3 Å². The summed E-state index contributed by atoms with van der Waals surface area (Å²) in [6.45, 7) is 5.14. The number of aryl methyl sites for hydroxylation is 1. The second kappa shape index (κ2) is 8.62. The maximum Gasteiger partial charge on any atom is 0.297 e. The van der Waals surface area contributed by atoms with Gasteiger partial charge in [-0.25, -0.2) is 0 Å². The van der Waals surface area contributed by atoms with E-state index in [-0.39, 0.29) is 17.2 Å². The van der Waals surface area contributed by atoms with Crippen LogP contribution in [0.25, 0.3) is 10.9 Å². The van der Waals surface area contributed by atoms with Crippen molar-refractivity contribution in [2.75, 3.05) is 6.61 Å². The van der Waals surface area contributed by atoms with Crippen LogP contribution in [0.4, 0.5) is 0 Å². The minimum atomic E-state index is -0.467. The molecule has 0 aliphatic carbocycles. The molecule has 132 valence electrons. The summed E-state index contributed by atoms with van der Waals surface area (Å²) < 4.78 is 7.24. The summed E-state index contributed by atoms with van der Waals surface area (Å²) in [6, 6.07) is 4.78. The third-order valence-electron chi connectivity index (χ3n) is 4.16. The molecule has 2 rings (SSSR count). The highest BCUT2D eigenvalue weighted by molar-refractivity contribution is 5.88. The first kappa shape index (κ1) is 18.2. The smallest absolute Gasteiger partial charge is 0.297 e. The van der Waals surface area contributed by atoms with Crippen LogP contribution in [0.1, 0.15) is 52.4 Å². The quantitative estimate of drug-likeness (QED) is 0.676. The van der Waals surface area contributed by atoms with E-state index < -0.39 is 5.56 Å². The molecule has 5 nitrogen and oxygen atoms in total. The monoisotopic (exact) mass is 333 g/mol. The number of nitrogens with zero attached hydrogens (tertiary/aromatic N) is 1. The van der Waals surface area contributed by atoms with Crippen molar-refractivity contribution < 1.29 is 14.9 Å². The number of ether oxygens (including phenoxy) is 1. The summed E-state index contributed by atoms with van der Waals surface area (Å²) in [5.74, 6) is -0.0363. The summed E-state index contributed by atoms with van der Waals surface area (Å²) in [5.41, 5.74) is 0.125. The van der Waals surface area contributed by atoms with Gasteiger partial charge in [0.05, 0.1) is 12.1 Å². The Labute approximate surface area is 142 Å². The number of hydrogen-bond acceptors (Lipinski definition) is 4. The Kier molecular flexibility index (Phi) is 6.53. The minimum Gasteiger partial charge on any atom is -0.508 e. The highest BCUT2D eigenvalue weighted by atomic mass is 16.5. The summed E-state index contributed by atoms with van der Waals surface area (Å²) in [5, 5.41) is 20.8. The second-order valence-electron chi connectivity index (χ2n) is 6.10. The summed E-state index contributed by atoms with van der Waals surface area (Å²) in [6.07, 6.45) is 5.98. The Morgan fingerprint density at radius 1 is 1.04 bits per heavy atom. The molecule has 0 radical (unpaired) electrons. The van der Waals surface area contributed by atoms with E-state index in [2.05, 4.69) is 6.92 Å². The van der Waals surface area contributed by atoms with Crippen molar-refractivity contribution in [1.82, 2.24) is 4.57 Å². The van der Waals surface area contributed by atoms with Crippen molar-refractivity contribution in [2.45, 2.75) is 58.9 Å². The van der Waals surface area contributed by atoms with Crippen molar-refractivity contribution in [3.8, 4) is 17.2 Å². The Hall–Kier alpha value is -2.17. The van der Waals surface area contributed by atoms with Gasteiger partial charge in [0.2, 0.25) is 5.75 Å². The summed E-state index contributed by atoms with van der Waals surface area (Å²) in [4.78, 5) is 12.5. The molecule has 0 spiro atoms. The Morgan fingerprint density at radius 2 is 1.79 bits per heavy atom. The molecule has 2 N–H and O–H groups in total. The first-order valence-corrected chi connectivity index (χ1v) is 8.81. The van der Waals surface area contributed by atoms with Gasteiger partial charge in [0.25, 0.3) is 5.56 Å². The molecule has 0 fully saturated rings. The molecule has 0 bridgehead atoms. The summed E-state index contributed by atoms with van der Waals surface area (Å²) in [7, 11) is 0. The number of pyridine rings is 1. The maximum atomic E-state index is 12.5. The zero-order chi connectivity index (χ0) is 17.5. The molecule has 1 heterocycles. The lowest BCUT2D eigenvalue weighted by Crippen LogP contribution is -2.21. The minimum absolute atomic E-state index is 0.0896. The molecule has 1 aromatic heterocycles. The molecule has 0 aliphatic rings. The first-order valence-electron chi connectivity index (χ1n) is 8.81. The highest BCUT2D eigenvalue weighted by Gasteiger charge is 2.17. The number of benzene rings is 1. The average Bonchev–Trinajstić information content (AvgIpc) is 2.57. The zero-order valence-electron chi connectivity index (χ0n) is 14.5. The molecule has 2 aromatic rings. The summed E-state index contributed by atoms with van der Waals surface area (Å²) >= 11 is 0. The van der Waals surface area contributed by atoms with Gasteiger partial charge in [-0.05, 0) is 25.0 Å². The van der Waals surface area contributed by atoms with E-state index in [1.54, 1.807) is 18.2 Å². The van der Waals surface area contributed by atoms with Crippen molar-refractivity contribution >= 4 is 10.9 Å². The third kappa shape index (κ3) is 4.02. The van der Waals surface area contributed by atoms with E-state index in [9.17, 15) is 15.0 Å². The number of phenols is 1. The number of fused-ring (bicyclic) bond motifs is 1. The topological polar surface area (TPSA) is 71.7 Å². The number of rotatable bonds is 9. The molecular formula is C19H27NO4. The van der Waals surface area contributed by atoms with Gasteiger partial charge in [-0.15, -0.1) is 0 Å².